The zero-order valence-corrected chi connectivity index (χ0v) is 13.8. The van der Waals surface area contributed by atoms with Crippen LogP contribution in [0.1, 0.15) is 27.7 Å². The zero-order valence-electron chi connectivity index (χ0n) is 11.0. The third-order valence-electron chi connectivity index (χ3n) is 2.44. The van der Waals surface area contributed by atoms with Crippen LogP contribution in [0.3, 0.4) is 0 Å². The van der Waals surface area contributed by atoms with Crippen molar-refractivity contribution in [1.82, 2.24) is 6.24 Å². The number of hydrogen-bond donors (Lipinski definition) is 0. The van der Waals surface area contributed by atoms with Gasteiger partial charge in [-0.25, -0.2) is 0 Å². The second-order valence-corrected chi connectivity index (χ2v) is 17.6. The molecule has 0 unspecified atom stereocenters. The van der Waals surface area contributed by atoms with Gasteiger partial charge in [-0.15, -0.1) is 0 Å². The molecule has 0 heterocycles. The van der Waals surface area contributed by atoms with E-state index >= 15 is 0 Å². The van der Waals surface area contributed by atoms with Crippen LogP contribution in [0.25, 0.3) is 0 Å². The summed E-state index contributed by atoms with van der Waals surface area (Å²) in [7, 11) is 8.60. The van der Waals surface area contributed by atoms with Crippen LogP contribution in [0.15, 0.2) is 0 Å². The molecule has 0 aromatic heterocycles. The van der Waals surface area contributed by atoms with Crippen molar-refractivity contribution in [1.29, 1.82) is 0 Å². The van der Waals surface area contributed by atoms with Crippen molar-refractivity contribution in [2.75, 3.05) is 28.2 Å². The Hall–Kier alpha value is 0.679. The molecular formula is C10H26N2OSn. The summed E-state index contributed by atoms with van der Waals surface area (Å²) < 4.78 is 11.6. The fourth-order valence-corrected chi connectivity index (χ4v) is 14.3. The van der Waals surface area contributed by atoms with E-state index < -0.39 is 19.3 Å². The molecule has 14 heavy (non-hydrogen) atoms. The van der Waals surface area contributed by atoms with E-state index in [0.717, 1.165) is 0 Å². The molecule has 4 heteroatoms. The Morgan fingerprint density at radius 2 is 1.21 bits per heavy atom. The molecule has 86 valence electrons. The van der Waals surface area contributed by atoms with Crippen molar-refractivity contribution in [2.45, 2.75) is 37.7 Å². The molecule has 0 saturated carbocycles. The van der Waals surface area contributed by atoms with Gasteiger partial charge in [-0.1, -0.05) is 0 Å². The van der Waals surface area contributed by atoms with Crippen molar-refractivity contribution < 1.29 is 3.07 Å². The summed E-state index contributed by atoms with van der Waals surface area (Å²) in [6.45, 7) is 8.80. The van der Waals surface area contributed by atoms with Gasteiger partial charge in [0.2, 0.25) is 0 Å². The minimum absolute atomic E-state index is 0.318. The molecule has 0 aromatic rings. The van der Waals surface area contributed by atoms with Crippen LogP contribution in [0.5, 0.6) is 0 Å². The van der Waals surface area contributed by atoms with Crippen LogP contribution in [0, 0.1) is 0 Å². The van der Waals surface area contributed by atoms with Gasteiger partial charge >= 0.3 is 94.6 Å². The second-order valence-electron chi connectivity index (χ2n) is 4.77. The number of hydrogen-bond acceptors (Lipinski definition) is 3. The predicted molar refractivity (Wildman–Crippen MR) is 64.4 cm³/mol. The average Bonchev–Trinajstić information content (AvgIpc) is 1.97. The van der Waals surface area contributed by atoms with Gasteiger partial charge in [0.1, 0.15) is 0 Å². The van der Waals surface area contributed by atoms with E-state index in [2.05, 4.69) is 62.1 Å². The van der Waals surface area contributed by atoms with E-state index in [9.17, 15) is 0 Å². The van der Waals surface area contributed by atoms with Crippen LogP contribution in [-0.2, 0) is 3.07 Å². The Labute approximate surface area is 94.5 Å². The topological polar surface area (TPSA) is 15.7 Å². The molecule has 0 aliphatic heterocycles. The van der Waals surface area contributed by atoms with E-state index in [-0.39, 0.29) is 0 Å². The molecule has 0 spiro atoms. The molecule has 0 amide bonds. The Bertz CT molecular complexity index is 148. The molecule has 0 saturated heterocycles. The van der Waals surface area contributed by atoms with Gasteiger partial charge in [0, 0.05) is 0 Å². The average molecular weight is 309 g/mol. The van der Waals surface area contributed by atoms with Crippen LogP contribution in [0.2, 0.25) is 3.93 Å². The first-order valence-corrected chi connectivity index (χ1v) is 10.6. The van der Waals surface area contributed by atoms with Crippen LogP contribution >= 0.6 is 0 Å². The first kappa shape index (κ1) is 14.7. The SMILES string of the molecule is CC(C)[O][Sn]([CH](C)C)([N](C)C)[N](C)C. The molecular weight excluding hydrogens is 283 g/mol. The number of nitrogens with zero attached hydrogens (tertiary/aromatic N) is 2. The molecule has 0 aliphatic carbocycles. The van der Waals surface area contributed by atoms with E-state index in [0.29, 0.717) is 10.0 Å². The molecule has 0 N–H and O–H groups in total. The van der Waals surface area contributed by atoms with E-state index in [1.54, 1.807) is 0 Å². The summed E-state index contributed by atoms with van der Waals surface area (Å²) in [5.74, 6) is 0. The summed E-state index contributed by atoms with van der Waals surface area (Å²) in [4.78, 5) is 0. The summed E-state index contributed by atoms with van der Waals surface area (Å²) in [6.07, 6.45) is 0.318. The molecule has 3 nitrogen and oxygen atoms in total. The Morgan fingerprint density at radius 3 is 1.29 bits per heavy atom. The molecule has 0 rings (SSSR count). The molecule has 0 aliphatic rings. The first-order valence-electron chi connectivity index (χ1n) is 5.27. The van der Waals surface area contributed by atoms with Gasteiger partial charge in [-0.3, -0.25) is 0 Å². The minimum atomic E-state index is -2.75. The quantitative estimate of drug-likeness (QED) is 0.721. The molecule has 0 fully saturated rings. The first-order chi connectivity index (χ1) is 6.25. The predicted octanol–water partition coefficient (Wildman–Crippen LogP) is 1.88. The standard InChI is InChI=1S/C3H7O.C3H7.2C2H6N.Sn/c1-3(2)4;3*1-3-2;/h3H,1-2H3;3H,1-2H3;2*1-2H3;/q-1;;2*-1;+3. The van der Waals surface area contributed by atoms with Gasteiger partial charge in [0.15, 0.2) is 0 Å². The van der Waals surface area contributed by atoms with Gasteiger partial charge in [0.25, 0.3) is 0 Å². The van der Waals surface area contributed by atoms with Gasteiger partial charge in [-0.2, -0.15) is 0 Å². The fourth-order valence-electron chi connectivity index (χ4n) is 2.13. The van der Waals surface area contributed by atoms with E-state index in [1.807, 2.05) is 0 Å². The summed E-state index contributed by atoms with van der Waals surface area (Å²) >= 11 is -2.75. The summed E-state index contributed by atoms with van der Waals surface area (Å²) in [5.41, 5.74) is 0. The normalized spacial score (nSPS) is 13.7. The summed E-state index contributed by atoms with van der Waals surface area (Å²) in [5, 5.41) is 0. The third-order valence-corrected chi connectivity index (χ3v) is 16.4. The van der Waals surface area contributed by atoms with Crippen LogP contribution in [0.4, 0.5) is 0 Å². The Morgan fingerprint density at radius 1 is 0.857 bits per heavy atom. The number of rotatable bonds is 5. The van der Waals surface area contributed by atoms with Crippen LogP contribution in [-0.4, -0.2) is 59.9 Å². The van der Waals surface area contributed by atoms with Crippen LogP contribution < -0.4 is 0 Å². The zero-order chi connectivity index (χ0) is 11.5. The molecule has 0 bridgehead atoms. The third kappa shape index (κ3) is 3.08. The maximum atomic E-state index is 6.28. The second kappa shape index (κ2) is 5.68. The molecule has 0 atom stereocenters. The van der Waals surface area contributed by atoms with E-state index in [1.165, 1.54) is 0 Å². The molecule has 0 radical (unpaired) electrons. The fraction of sp³-hybridized carbons (Fsp3) is 1.00. The van der Waals surface area contributed by atoms with Gasteiger partial charge < -0.3 is 0 Å². The Balaban J connectivity index is 4.95. The van der Waals surface area contributed by atoms with Crippen molar-refractivity contribution >= 4 is 19.3 Å². The maximum absolute atomic E-state index is 6.28. The van der Waals surface area contributed by atoms with Crippen molar-refractivity contribution in [3.8, 4) is 0 Å². The van der Waals surface area contributed by atoms with E-state index in [4.69, 9.17) is 3.07 Å². The van der Waals surface area contributed by atoms with Crippen molar-refractivity contribution in [3.63, 3.8) is 0 Å². The van der Waals surface area contributed by atoms with Gasteiger partial charge in [0.05, 0.1) is 0 Å². The summed E-state index contributed by atoms with van der Waals surface area (Å²) in [6, 6.07) is 0. The van der Waals surface area contributed by atoms with Crippen molar-refractivity contribution in [2.24, 2.45) is 0 Å². The van der Waals surface area contributed by atoms with Crippen molar-refractivity contribution in [3.05, 3.63) is 0 Å². The van der Waals surface area contributed by atoms with Gasteiger partial charge in [-0.05, 0) is 0 Å². The molecule has 0 aromatic carbocycles. The Kier molecular flexibility index (Phi) is 5.95. The monoisotopic (exact) mass is 310 g/mol.